The number of aryl methyl sites for hydroxylation is 1. The lowest BCUT2D eigenvalue weighted by Crippen LogP contribution is -2.02. The van der Waals surface area contributed by atoms with Gasteiger partial charge in [-0.15, -0.1) is 5.10 Å². The summed E-state index contributed by atoms with van der Waals surface area (Å²) in [6.45, 7) is 2.71. The molecule has 2 rings (SSSR count). The van der Waals surface area contributed by atoms with Crippen LogP contribution in [0.3, 0.4) is 0 Å². The number of anilines is 2. The van der Waals surface area contributed by atoms with Crippen LogP contribution >= 0.6 is 0 Å². The van der Waals surface area contributed by atoms with Gasteiger partial charge in [-0.25, -0.2) is 0 Å². The Kier molecular flexibility index (Phi) is 4.92. The van der Waals surface area contributed by atoms with E-state index in [1.165, 1.54) is 18.4 Å². The zero-order valence-electron chi connectivity index (χ0n) is 11.2. The highest BCUT2D eigenvalue weighted by Crippen LogP contribution is 2.17. The molecule has 0 saturated heterocycles. The minimum absolute atomic E-state index is 0.407. The molecular formula is C14H20N4O. The fourth-order valence-corrected chi connectivity index (χ4v) is 1.79. The Labute approximate surface area is 113 Å². The zero-order chi connectivity index (χ0) is 13.5. The van der Waals surface area contributed by atoms with Crippen molar-refractivity contribution < 1.29 is 4.42 Å². The predicted molar refractivity (Wildman–Crippen MR) is 75.4 cm³/mol. The van der Waals surface area contributed by atoms with E-state index < -0.39 is 0 Å². The average molecular weight is 260 g/mol. The lowest BCUT2D eigenvalue weighted by molar-refractivity contribution is 0.510. The molecule has 0 aliphatic heterocycles. The van der Waals surface area contributed by atoms with Gasteiger partial charge in [-0.3, -0.25) is 0 Å². The van der Waals surface area contributed by atoms with Gasteiger partial charge >= 0.3 is 6.01 Å². The average Bonchev–Trinajstić information content (AvgIpc) is 2.86. The molecule has 1 aromatic carbocycles. The summed E-state index contributed by atoms with van der Waals surface area (Å²) >= 11 is 0. The van der Waals surface area contributed by atoms with E-state index in [9.17, 15) is 0 Å². The lowest BCUT2D eigenvalue weighted by Gasteiger charge is -2.03. The van der Waals surface area contributed by atoms with Crippen molar-refractivity contribution in [1.29, 1.82) is 0 Å². The summed E-state index contributed by atoms with van der Waals surface area (Å²) in [7, 11) is 0. The smallest absolute Gasteiger partial charge is 0.320 e. The highest BCUT2D eigenvalue weighted by Gasteiger charge is 2.05. The third-order valence-corrected chi connectivity index (χ3v) is 2.85. The van der Waals surface area contributed by atoms with E-state index in [4.69, 9.17) is 10.2 Å². The number of hydrogen-bond donors (Lipinski definition) is 2. The van der Waals surface area contributed by atoms with Crippen LogP contribution in [0.15, 0.2) is 28.7 Å². The Morgan fingerprint density at radius 2 is 1.95 bits per heavy atom. The van der Waals surface area contributed by atoms with E-state index in [2.05, 4.69) is 34.6 Å². The molecule has 0 unspecified atom stereocenters. The van der Waals surface area contributed by atoms with Crippen molar-refractivity contribution in [2.24, 2.45) is 5.73 Å². The summed E-state index contributed by atoms with van der Waals surface area (Å²) < 4.78 is 5.41. The summed E-state index contributed by atoms with van der Waals surface area (Å²) in [6.07, 6.45) is 4.16. The molecule has 1 aromatic heterocycles. The normalized spacial score (nSPS) is 10.6. The quantitative estimate of drug-likeness (QED) is 0.800. The van der Waals surface area contributed by atoms with Crippen molar-refractivity contribution in [2.75, 3.05) is 11.9 Å². The van der Waals surface area contributed by atoms with Crippen molar-refractivity contribution in [3.05, 3.63) is 35.7 Å². The number of nitrogens with two attached hydrogens (primary N) is 1. The van der Waals surface area contributed by atoms with Gasteiger partial charge in [0.2, 0.25) is 5.89 Å². The lowest BCUT2D eigenvalue weighted by atomic mass is 10.1. The maximum Gasteiger partial charge on any atom is 0.320 e. The van der Waals surface area contributed by atoms with Crippen LogP contribution in [0.4, 0.5) is 11.7 Å². The fraction of sp³-hybridized carbons (Fsp3) is 0.429. The van der Waals surface area contributed by atoms with Gasteiger partial charge in [-0.1, -0.05) is 30.6 Å². The van der Waals surface area contributed by atoms with E-state index >= 15 is 0 Å². The second kappa shape index (κ2) is 6.89. The first-order chi connectivity index (χ1) is 9.31. The molecule has 2 aromatic rings. The number of nitrogens with zero attached hydrogens (tertiary/aromatic N) is 2. The van der Waals surface area contributed by atoms with Gasteiger partial charge in [0.05, 0.1) is 0 Å². The number of rotatable bonds is 7. The number of benzene rings is 1. The summed E-state index contributed by atoms with van der Waals surface area (Å²) in [5, 5.41) is 10.9. The van der Waals surface area contributed by atoms with Crippen LogP contribution < -0.4 is 11.1 Å². The first kappa shape index (κ1) is 13.5. The Morgan fingerprint density at radius 3 is 2.63 bits per heavy atom. The van der Waals surface area contributed by atoms with Crippen molar-refractivity contribution in [2.45, 2.75) is 32.6 Å². The van der Waals surface area contributed by atoms with Crippen LogP contribution in [0.1, 0.15) is 31.2 Å². The summed E-state index contributed by atoms with van der Waals surface area (Å²) in [6, 6.07) is 8.70. The van der Waals surface area contributed by atoms with Gasteiger partial charge in [-0.05, 0) is 30.5 Å². The predicted octanol–water partition coefficient (Wildman–Crippen LogP) is 2.66. The van der Waals surface area contributed by atoms with Crippen molar-refractivity contribution in [3.8, 4) is 0 Å². The third-order valence-electron chi connectivity index (χ3n) is 2.85. The highest BCUT2D eigenvalue weighted by atomic mass is 16.4. The molecule has 0 aliphatic rings. The van der Waals surface area contributed by atoms with Gasteiger partial charge in [-0.2, -0.15) is 0 Å². The molecule has 0 aliphatic carbocycles. The monoisotopic (exact) mass is 260 g/mol. The van der Waals surface area contributed by atoms with Crippen LogP contribution in [0.5, 0.6) is 0 Å². The Balaban J connectivity index is 1.94. The van der Waals surface area contributed by atoms with Gasteiger partial charge < -0.3 is 15.5 Å². The van der Waals surface area contributed by atoms with E-state index in [-0.39, 0.29) is 0 Å². The minimum atomic E-state index is 0.407. The van der Waals surface area contributed by atoms with Crippen LogP contribution in [0, 0.1) is 0 Å². The number of unbranched alkanes of at least 4 members (excludes halogenated alkanes) is 1. The van der Waals surface area contributed by atoms with E-state index in [1.807, 2.05) is 12.1 Å². The fourth-order valence-electron chi connectivity index (χ4n) is 1.79. The second-order valence-electron chi connectivity index (χ2n) is 4.47. The molecule has 0 atom stereocenters. The van der Waals surface area contributed by atoms with Crippen molar-refractivity contribution >= 4 is 11.7 Å². The SMILES string of the molecule is CCCCc1ccc(Nc2nnc(CCN)o2)cc1. The standard InChI is InChI=1S/C14H20N4O/c1-2-3-4-11-5-7-12(8-6-11)16-14-18-17-13(19-14)9-10-15/h5-8H,2-4,9-10,15H2,1H3,(H,16,18). The maximum atomic E-state index is 5.43. The van der Waals surface area contributed by atoms with E-state index in [1.54, 1.807) is 0 Å². The second-order valence-corrected chi connectivity index (χ2v) is 4.47. The minimum Gasteiger partial charge on any atom is -0.408 e. The van der Waals surface area contributed by atoms with Gasteiger partial charge in [0.1, 0.15) is 0 Å². The van der Waals surface area contributed by atoms with E-state index in [0.717, 1.165) is 12.1 Å². The largest absolute Gasteiger partial charge is 0.408 e. The molecule has 19 heavy (non-hydrogen) atoms. The van der Waals surface area contributed by atoms with Gasteiger partial charge in [0, 0.05) is 18.7 Å². The topological polar surface area (TPSA) is 77.0 Å². The summed E-state index contributed by atoms with van der Waals surface area (Å²) in [4.78, 5) is 0. The number of hydrogen-bond acceptors (Lipinski definition) is 5. The molecule has 0 saturated carbocycles. The molecule has 0 bridgehead atoms. The van der Waals surface area contributed by atoms with Crippen molar-refractivity contribution in [1.82, 2.24) is 10.2 Å². The molecule has 0 radical (unpaired) electrons. The molecule has 102 valence electrons. The molecule has 5 nitrogen and oxygen atoms in total. The molecule has 1 heterocycles. The molecular weight excluding hydrogens is 240 g/mol. The number of aromatic nitrogens is 2. The Bertz CT molecular complexity index is 492. The summed E-state index contributed by atoms with van der Waals surface area (Å²) in [5.74, 6) is 0.560. The van der Waals surface area contributed by atoms with Crippen LogP contribution in [0.2, 0.25) is 0 Å². The summed E-state index contributed by atoms with van der Waals surface area (Å²) in [5.41, 5.74) is 7.73. The van der Waals surface area contributed by atoms with Gasteiger partial charge in [0.15, 0.2) is 0 Å². The van der Waals surface area contributed by atoms with Crippen molar-refractivity contribution in [3.63, 3.8) is 0 Å². The van der Waals surface area contributed by atoms with Gasteiger partial charge in [0.25, 0.3) is 0 Å². The first-order valence-electron chi connectivity index (χ1n) is 6.70. The zero-order valence-corrected chi connectivity index (χ0v) is 11.2. The first-order valence-corrected chi connectivity index (χ1v) is 6.70. The highest BCUT2D eigenvalue weighted by molar-refractivity contribution is 5.52. The molecule has 0 amide bonds. The Hall–Kier alpha value is -1.88. The van der Waals surface area contributed by atoms with E-state index in [0.29, 0.717) is 24.9 Å². The molecule has 0 spiro atoms. The third kappa shape index (κ3) is 4.06. The molecule has 0 fully saturated rings. The van der Waals surface area contributed by atoms with Crippen LogP contribution in [-0.2, 0) is 12.8 Å². The van der Waals surface area contributed by atoms with Crippen LogP contribution in [0.25, 0.3) is 0 Å². The Morgan fingerprint density at radius 1 is 1.16 bits per heavy atom. The molecule has 3 N–H and O–H groups in total. The maximum absolute atomic E-state index is 5.43. The number of nitrogens with one attached hydrogen (secondary N) is 1. The van der Waals surface area contributed by atoms with Crippen LogP contribution in [-0.4, -0.2) is 16.7 Å². The molecule has 5 heteroatoms.